The first-order chi connectivity index (χ1) is 5.16. The molecule has 0 radical (unpaired) electrons. The Balaban J connectivity index is 2.45. The van der Waals surface area contributed by atoms with Crippen LogP contribution in [-0.4, -0.2) is 51.9 Å². The van der Waals surface area contributed by atoms with E-state index in [0.717, 1.165) is 0 Å². The highest BCUT2D eigenvalue weighted by molar-refractivity contribution is 7.98. The molecule has 5 heteroatoms. The molecule has 1 aliphatic heterocycles. The van der Waals surface area contributed by atoms with Gasteiger partial charge in [0.2, 0.25) is 0 Å². The summed E-state index contributed by atoms with van der Waals surface area (Å²) in [6, 6.07) is 0. The fourth-order valence-electron chi connectivity index (χ4n) is 1.03. The summed E-state index contributed by atoms with van der Waals surface area (Å²) in [4.78, 5) is 0. The van der Waals surface area contributed by atoms with Crippen molar-refractivity contribution >= 4 is 11.8 Å². The third-order valence-electron chi connectivity index (χ3n) is 1.67. The van der Waals surface area contributed by atoms with Crippen molar-refractivity contribution < 1.29 is 20.1 Å². The highest BCUT2D eigenvalue weighted by Crippen LogP contribution is 2.21. The highest BCUT2D eigenvalue weighted by atomic mass is 32.2. The maximum absolute atomic E-state index is 9.21. The molecule has 1 rings (SSSR count). The van der Waals surface area contributed by atoms with Gasteiger partial charge in [-0.3, -0.25) is 0 Å². The van der Waals surface area contributed by atoms with Crippen LogP contribution in [-0.2, 0) is 4.74 Å². The number of hydrogen-bond acceptors (Lipinski definition) is 5. The van der Waals surface area contributed by atoms with Crippen molar-refractivity contribution in [2.75, 3.05) is 12.0 Å². The van der Waals surface area contributed by atoms with Gasteiger partial charge < -0.3 is 20.1 Å². The Labute approximate surface area is 69.2 Å². The number of aliphatic hydroxyl groups excluding tert-OH is 3. The summed E-state index contributed by atoms with van der Waals surface area (Å²) >= 11 is 1.50. The van der Waals surface area contributed by atoms with Gasteiger partial charge in [0.1, 0.15) is 12.2 Å². The first-order valence-electron chi connectivity index (χ1n) is 3.35. The quantitative estimate of drug-likeness (QED) is 0.497. The van der Waals surface area contributed by atoms with Crippen LogP contribution >= 0.6 is 11.8 Å². The topological polar surface area (TPSA) is 69.9 Å². The van der Waals surface area contributed by atoms with Gasteiger partial charge in [0.25, 0.3) is 0 Å². The van der Waals surface area contributed by atoms with Gasteiger partial charge in [-0.1, -0.05) is 0 Å². The lowest BCUT2D eigenvalue weighted by molar-refractivity contribution is -0.123. The van der Waals surface area contributed by atoms with Gasteiger partial charge in [-0.05, 0) is 6.26 Å². The molecule has 4 nitrogen and oxygen atoms in total. The van der Waals surface area contributed by atoms with E-state index in [2.05, 4.69) is 0 Å². The van der Waals surface area contributed by atoms with E-state index in [9.17, 15) is 5.11 Å². The minimum absolute atomic E-state index is 0.449. The molecule has 0 aromatic heterocycles. The lowest BCUT2D eigenvalue weighted by atomic mass is 10.2. The molecule has 0 aromatic carbocycles. The van der Waals surface area contributed by atoms with Crippen LogP contribution in [0, 0.1) is 0 Å². The average molecular weight is 180 g/mol. The van der Waals surface area contributed by atoms with Gasteiger partial charge in [0, 0.05) is 5.75 Å². The maximum Gasteiger partial charge on any atom is 0.183 e. The number of hydrogen-bond donors (Lipinski definition) is 3. The van der Waals surface area contributed by atoms with E-state index in [1.54, 1.807) is 0 Å². The Morgan fingerprint density at radius 1 is 1.27 bits per heavy atom. The van der Waals surface area contributed by atoms with Crippen LogP contribution in [0.4, 0.5) is 0 Å². The van der Waals surface area contributed by atoms with Gasteiger partial charge in [0.05, 0.1) is 6.10 Å². The first kappa shape index (κ1) is 9.28. The molecule has 0 spiro atoms. The third kappa shape index (κ3) is 1.86. The second-order valence-electron chi connectivity index (χ2n) is 2.50. The van der Waals surface area contributed by atoms with Crippen LogP contribution in [0.25, 0.3) is 0 Å². The van der Waals surface area contributed by atoms with Gasteiger partial charge >= 0.3 is 0 Å². The van der Waals surface area contributed by atoms with Crippen LogP contribution in [0.15, 0.2) is 0 Å². The SMILES string of the molecule is CSC[C@H]1O[C@@H](O)[C@@H](O)[C@@H]1O. The summed E-state index contributed by atoms with van der Waals surface area (Å²) in [6.45, 7) is 0. The highest BCUT2D eigenvalue weighted by Gasteiger charge is 2.41. The molecule has 0 aromatic rings. The standard InChI is InChI=1S/C6H12O4S/c1-11-2-3-4(7)5(8)6(9)10-3/h3-9H,2H2,1H3/t3-,4-,5+,6-/m1/s1. The average Bonchev–Trinajstić information content (AvgIpc) is 2.19. The summed E-state index contributed by atoms with van der Waals surface area (Å²) in [7, 11) is 0. The van der Waals surface area contributed by atoms with E-state index >= 15 is 0 Å². The van der Waals surface area contributed by atoms with E-state index in [1.165, 1.54) is 11.8 Å². The maximum atomic E-state index is 9.21. The van der Waals surface area contributed by atoms with Crippen molar-refractivity contribution in [3.63, 3.8) is 0 Å². The molecule has 0 unspecified atom stereocenters. The van der Waals surface area contributed by atoms with Crippen LogP contribution in [0.5, 0.6) is 0 Å². The zero-order valence-electron chi connectivity index (χ0n) is 6.17. The largest absolute Gasteiger partial charge is 0.387 e. The van der Waals surface area contributed by atoms with E-state index in [1.807, 2.05) is 6.26 Å². The molecule has 0 saturated carbocycles. The van der Waals surface area contributed by atoms with E-state index in [-0.39, 0.29) is 0 Å². The molecule has 1 fully saturated rings. The van der Waals surface area contributed by atoms with Gasteiger partial charge in [-0.2, -0.15) is 11.8 Å². The zero-order chi connectivity index (χ0) is 8.43. The predicted octanol–water partition coefficient (Wildman–Crippen LogP) is -1.21. The molecular weight excluding hydrogens is 168 g/mol. The summed E-state index contributed by atoms with van der Waals surface area (Å²) in [5, 5.41) is 27.2. The van der Waals surface area contributed by atoms with Crippen LogP contribution in [0.2, 0.25) is 0 Å². The lowest BCUT2D eigenvalue weighted by Crippen LogP contribution is -2.33. The Bertz CT molecular complexity index is 132. The second-order valence-corrected chi connectivity index (χ2v) is 3.41. The normalized spacial score (nSPS) is 44.7. The predicted molar refractivity (Wildman–Crippen MR) is 41.3 cm³/mol. The molecule has 1 aliphatic rings. The Morgan fingerprint density at radius 2 is 1.91 bits per heavy atom. The lowest BCUT2D eigenvalue weighted by Gasteiger charge is -2.11. The fraction of sp³-hybridized carbons (Fsp3) is 1.00. The monoisotopic (exact) mass is 180 g/mol. The van der Waals surface area contributed by atoms with E-state index < -0.39 is 24.6 Å². The number of aliphatic hydroxyl groups is 3. The van der Waals surface area contributed by atoms with Gasteiger partial charge in [-0.25, -0.2) is 0 Å². The summed E-state index contributed by atoms with van der Waals surface area (Å²) in [6.07, 6.45) is -1.94. The molecular formula is C6H12O4S. The Hall–Kier alpha value is 0.190. The van der Waals surface area contributed by atoms with Crippen molar-refractivity contribution in [2.24, 2.45) is 0 Å². The van der Waals surface area contributed by atoms with Crippen LogP contribution in [0.3, 0.4) is 0 Å². The van der Waals surface area contributed by atoms with Crippen molar-refractivity contribution in [1.82, 2.24) is 0 Å². The smallest absolute Gasteiger partial charge is 0.183 e. The fourth-order valence-corrected chi connectivity index (χ4v) is 1.64. The second kappa shape index (κ2) is 3.73. The summed E-state index contributed by atoms with van der Waals surface area (Å²) in [5.74, 6) is 0.579. The third-order valence-corrected chi connectivity index (χ3v) is 2.33. The number of thioether (sulfide) groups is 1. The first-order valence-corrected chi connectivity index (χ1v) is 4.75. The van der Waals surface area contributed by atoms with Crippen molar-refractivity contribution in [2.45, 2.75) is 24.6 Å². The molecule has 0 aliphatic carbocycles. The summed E-state index contributed by atoms with van der Waals surface area (Å²) < 4.78 is 4.86. The molecule has 4 atom stereocenters. The molecule has 11 heavy (non-hydrogen) atoms. The zero-order valence-corrected chi connectivity index (χ0v) is 6.99. The Morgan fingerprint density at radius 3 is 2.27 bits per heavy atom. The summed E-state index contributed by atoms with van der Waals surface area (Å²) in [5.41, 5.74) is 0. The van der Waals surface area contributed by atoms with Gasteiger partial charge in [-0.15, -0.1) is 0 Å². The van der Waals surface area contributed by atoms with E-state index in [0.29, 0.717) is 5.75 Å². The Kier molecular flexibility index (Phi) is 3.15. The molecule has 1 heterocycles. The molecule has 1 saturated heterocycles. The van der Waals surface area contributed by atoms with Gasteiger partial charge in [0.15, 0.2) is 6.29 Å². The van der Waals surface area contributed by atoms with E-state index in [4.69, 9.17) is 14.9 Å². The molecule has 0 bridgehead atoms. The van der Waals surface area contributed by atoms with Crippen molar-refractivity contribution in [3.8, 4) is 0 Å². The van der Waals surface area contributed by atoms with Crippen molar-refractivity contribution in [3.05, 3.63) is 0 Å². The van der Waals surface area contributed by atoms with Crippen molar-refractivity contribution in [1.29, 1.82) is 0 Å². The minimum Gasteiger partial charge on any atom is -0.387 e. The van der Waals surface area contributed by atoms with Crippen LogP contribution < -0.4 is 0 Å². The van der Waals surface area contributed by atoms with Crippen LogP contribution in [0.1, 0.15) is 0 Å². The molecule has 0 amide bonds. The number of rotatable bonds is 2. The molecule has 66 valence electrons. The minimum atomic E-state index is -1.23. The number of ether oxygens (including phenoxy) is 1. The molecule has 3 N–H and O–H groups in total.